The Morgan fingerprint density at radius 1 is 1.25 bits per heavy atom. The third-order valence-corrected chi connectivity index (χ3v) is 6.49. The van der Waals surface area contributed by atoms with Gasteiger partial charge in [-0.2, -0.15) is 0 Å². The van der Waals surface area contributed by atoms with Crippen LogP contribution in [0.15, 0.2) is 0 Å². The maximum atomic E-state index is 3.42. The Labute approximate surface area is 53.6 Å². The topological polar surface area (TPSA) is 12.0 Å². The van der Waals surface area contributed by atoms with Crippen molar-refractivity contribution in [1.29, 1.82) is 0 Å². The van der Waals surface area contributed by atoms with Crippen molar-refractivity contribution in [2.45, 2.75) is 32.5 Å². The molecule has 0 radical (unpaired) electrons. The largest absolute Gasteiger partial charge is 0.340 e. The van der Waals surface area contributed by atoms with Crippen molar-refractivity contribution >= 4 is 8.24 Å². The minimum atomic E-state index is -0.921. The molecule has 0 amide bonds. The van der Waals surface area contributed by atoms with Gasteiger partial charge in [-0.05, 0) is 19.1 Å². The van der Waals surface area contributed by atoms with Crippen LogP contribution in [0.2, 0.25) is 18.6 Å². The summed E-state index contributed by atoms with van der Waals surface area (Å²) < 4.78 is 0. The van der Waals surface area contributed by atoms with Gasteiger partial charge in [0.2, 0.25) is 0 Å². The summed E-state index contributed by atoms with van der Waals surface area (Å²) in [5.74, 6) is 0. The Hall–Kier alpha value is 0.177. The summed E-state index contributed by atoms with van der Waals surface area (Å²) in [4.78, 5) is 3.42. The average Bonchev–Trinajstić information content (AvgIpc) is 1.87. The molecule has 0 aromatic carbocycles. The van der Waals surface area contributed by atoms with Gasteiger partial charge in [-0.3, -0.25) is 0 Å². The van der Waals surface area contributed by atoms with Crippen molar-refractivity contribution in [3.8, 4) is 0 Å². The minimum absolute atomic E-state index is 0.921. The first-order valence-corrected chi connectivity index (χ1v) is 6.29. The Morgan fingerprint density at radius 2 is 1.62 bits per heavy atom. The highest BCUT2D eigenvalue weighted by molar-refractivity contribution is 6.76. The molecule has 0 rings (SSSR count). The zero-order valence-corrected chi connectivity index (χ0v) is 7.41. The van der Waals surface area contributed by atoms with Crippen LogP contribution in [0.4, 0.5) is 0 Å². The number of nitrogens with one attached hydrogen (secondary N) is 1. The fourth-order valence-electron chi connectivity index (χ4n) is 0.604. The van der Waals surface area contributed by atoms with Crippen LogP contribution in [0.25, 0.3) is 0 Å². The molecule has 8 heavy (non-hydrogen) atoms. The van der Waals surface area contributed by atoms with Crippen molar-refractivity contribution in [2.24, 2.45) is 0 Å². The van der Waals surface area contributed by atoms with Crippen LogP contribution in [0, 0.1) is 0 Å². The molecule has 0 aliphatic heterocycles. The quantitative estimate of drug-likeness (QED) is 0.576. The summed E-state index contributed by atoms with van der Waals surface area (Å²) in [5, 5.41) is 0. The molecule has 0 saturated carbocycles. The molecule has 0 heterocycles. The van der Waals surface area contributed by atoms with Crippen molar-refractivity contribution < 1.29 is 0 Å². The van der Waals surface area contributed by atoms with E-state index in [9.17, 15) is 0 Å². The van der Waals surface area contributed by atoms with Crippen LogP contribution in [0.3, 0.4) is 0 Å². The van der Waals surface area contributed by atoms with Gasteiger partial charge in [0.25, 0.3) is 0 Å². The lowest BCUT2D eigenvalue weighted by Crippen LogP contribution is -2.43. The van der Waals surface area contributed by atoms with Gasteiger partial charge in [-0.25, -0.2) is 0 Å². The van der Waals surface area contributed by atoms with E-state index in [0.717, 1.165) is 0 Å². The lowest BCUT2D eigenvalue weighted by molar-refractivity contribution is 1.06. The van der Waals surface area contributed by atoms with Crippen molar-refractivity contribution in [3.63, 3.8) is 0 Å². The zero-order valence-electron chi connectivity index (χ0n) is 6.41. The second kappa shape index (κ2) is 3.25. The molecule has 1 nitrogen and oxygen atoms in total. The summed E-state index contributed by atoms with van der Waals surface area (Å²) in [5.41, 5.74) is 0. The van der Waals surface area contributed by atoms with Gasteiger partial charge >= 0.3 is 0 Å². The second-order valence-corrected chi connectivity index (χ2v) is 7.55. The Kier molecular flexibility index (Phi) is 3.32. The summed E-state index contributed by atoms with van der Waals surface area (Å²) in [6, 6.07) is 2.69. The third kappa shape index (κ3) is 1.97. The molecule has 0 aliphatic rings. The Bertz CT molecular complexity index is 51.3. The smallest absolute Gasteiger partial charge is 0.121 e. The van der Waals surface area contributed by atoms with E-state index < -0.39 is 8.24 Å². The zero-order chi connectivity index (χ0) is 6.62. The van der Waals surface area contributed by atoms with Crippen LogP contribution >= 0.6 is 0 Å². The molecule has 0 atom stereocenters. The maximum absolute atomic E-state index is 3.42. The van der Waals surface area contributed by atoms with Crippen molar-refractivity contribution in [3.05, 3.63) is 0 Å². The van der Waals surface area contributed by atoms with Crippen LogP contribution in [-0.2, 0) is 0 Å². The molecule has 0 saturated heterocycles. The first-order valence-electron chi connectivity index (χ1n) is 3.37. The first kappa shape index (κ1) is 8.18. The van der Waals surface area contributed by atoms with Gasteiger partial charge in [0, 0.05) is 0 Å². The fourth-order valence-corrected chi connectivity index (χ4v) is 1.81. The highest BCUT2D eigenvalue weighted by Crippen LogP contribution is 2.08. The van der Waals surface area contributed by atoms with Gasteiger partial charge in [0.1, 0.15) is 8.24 Å². The maximum Gasteiger partial charge on any atom is 0.121 e. The van der Waals surface area contributed by atoms with Gasteiger partial charge in [0.05, 0.1) is 0 Å². The third-order valence-electron chi connectivity index (χ3n) is 2.16. The van der Waals surface area contributed by atoms with Gasteiger partial charge < -0.3 is 4.98 Å². The minimum Gasteiger partial charge on any atom is -0.340 e. The predicted molar refractivity (Wildman–Crippen MR) is 41.6 cm³/mol. The Balaban J connectivity index is 3.58. The summed E-state index contributed by atoms with van der Waals surface area (Å²) in [7, 11) is 1.16. The summed E-state index contributed by atoms with van der Waals surface area (Å²) in [6.07, 6.45) is 0. The normalized spacial score (nSPS) is 12.0. The van der Waals surface area contributed by atoms with Gasteiger partial charge in [-0.15, -0.1) is 0 Å². The SMILES string of the molecule is CC[Si](C)(CC)NC. The molecule has 0 aromatic heterocycles. The van der Waals surface area contributed by atoms with E-state index in [2.05, 4.69) is 32.4 Å². The lowest BCUT2D eigenvalue weighted by atomic mass is 10.9. The van der Waals surface area contributed by atoms with Crippen LogP contribution < -0.4 is 4.98 Å². The van der Waals surface area contributed by atoms with E-state index in [1.54, 1.807) is 0 Å². The van der Waals surface area contributed by atoms with E-state index in [-0.39, 0.29) is 0 Å². The Morgan fingerprint density at radius 3 is 1.62 bits per heavy atom. The molecule has 0 bridgehead atoms. The van der Waals surface area contributed by atoms with Crippen LogP contribution in [0.1, 0.15) is 13.8 Å². The van der Waals surface area contributed by atoms with E-state index in [1.165, 1.54) is 12.1 Å². The van der Waals surface area contributed by atoms with E-state index in [1.807, 2.05) is 0 Å². The summed E-state index contributed by atoms with van der Waals surface area (Å²) in [6.45, 7) is 6.92. The molecule has 0 fully saturated rings. The average molecular weight is 131 g/mol. The van der Waals surface area contributed by atoms with Crippen molar-refractivity contribution in [2.75, 3.05) is 7.05 Å². The monoisotopic (exact) mass is 131 g/mol. The molecule has 0 aliphatic carbocycles. The second-order valence-electron chi connectivity index (χ2n) is 2.52. The number of rotatable bonds is 3. The van der Waals surface area contributed by atoms with Gasteiger partial charge in [-0.1, -0.05) is 20.4 Å². The fraction of sp³-hybridized carbons (Fsp3) is 1.00. The lowest BCUT2D eigenvalue weighted by Gasteiger charge is -2.22. The molecule has 2 heteroatoms. The number of hydrogen-bond acceptors (Lipinski definition) is 1. The van der Waals surface area contributed by atoms with Crippen LogP contribution in [0.5, 0.6) is 0 Å². The molecule has 1 N–H and O–H groups in total. The highest BCUT2D eigenvalue weighted by atomic mass is 28.3. The van der Waals surface area contributed by atoms with Crippen molar-refractivity contribution in [1.82, 2.24) is 4.98 Å². The number of hydrogen-bond donors (Lipinski definition) is 1. The molecule has 0 unspecified atom stereocenters. The van der Waals surface area contributed by atoms with Gasteiger partial charge in [0.15, 0.2) is 0 Å². The molecular weight excluding hydrogens is 114 g/mol. The van der Waals surface area contributed by atoms with E-state index >= 15 is 0 Å². The van der Waals surface area contributed by atoms with Crippen LogP contribution in [-0.4, -0.2) is 15.3 Å². The van der Waals surface area contributed by atoms with E-state index in [4.69, 9.17) is 0 Å². The first-order chi connectivity index (χ1) is 3.68. The molecule has 0 aromatic rings. The summed E-state index contributed by atoms with van der Waals surface area (Å²) >= 11 is 0. The molecular formula is C6H17NSi. The highest BCUT2D eigenvalue weighted by Gasteiger charge is 2.18. The molecule has 50 valence electrons. The molecule has 0 spiro atoms. The van der Waals surface area contributed by atoms with E-state index in [0.29, 0.717) is 0 Å². The predicted octanol–water partition coefficient (Wildman–Crippen LogP) is 1.82. The standard InChI is InChI=1S/C6H17NSi/c1-5-8(4,6-2)7-3/h7H,5-6H2,1-4H3.